The SMILES string of the molecule is CCCN(C)Cc1ccc(CCn2ccc(OCc3ccc(F)cc3)cc2=O)nc1. The third-order valence-electron chi connectivity index (χ3n) is 4.84. The molecular weight excluding hydrogens is 381 g/mol. The maximum atomic E-state index is 12.9. The Hall–Kier alpha value is -2.99. The van der Waals surface area contributed by atoms with Gasteiger partial charge in [0.05, 0.1) is 0 Å². The first-order valence-electron chi connectivity index (χ1n) is 10.2. The van der Waals surface area contributed by atoms with Crippen LogP contribution in [0.25, 0.3) is 0 Å². The number of ether oxygens (including phenoxy) is 1. The van der Waals surface area contributed by atoms with Crippen LogP contribution < -0.4 is 10.3 Å². The summed E-state index contributed by atoms with van der Waals surface area (Å²) in [7, 11) is 2.11. The number of hydrogen-bond donors (Lipinski definition) is 0. The molecule has 3 aromatic rings. The monoisotopic (exact) mass is 409 g/mol. The van der Waals surface area contributed by atoms with Crippen LogP contribution in [-0.4, -0.2) is 28.0 Å². The first kappa shape index (κ1) is 21.7. The third kappa shape index (κ3) is 6.52. The largest absolute Gasteiger partial charge is 0.489 e. The fourth-order valence-electron chi connectivity index (χ4n) is 3.22. The Labute approximate surface area is 176 Å². The smallest absolute Gasteiger partial charge is 0.254 e. The molecule has 0 fully saturated rings. The van der Waals surface area contributed by atoms with E-state index in [1.807, 2.05) is 12.3 Å². The van der Waals surface area contributed by atoms with Crippen LogP contribution in [0.4, 0.5) is 4.39 Å². The zero-order valence-corrected chi connectivity index (χ0v) is 17.6. The van der Waals surface area contributed by atoms with Gasteiger partial charge in [-0.2, -0.15) is 0 Å². The van der Waals surface area contributed by atoms with Crippen LogP contribution in [0.3, 0.4) is 0 Å². The van der Waals surface area contributed by atoms with Gasteiger partial charge in [0.25, 0.3) is 5.56 Å². The number of pyridine rings is 2. The molecule has 0 bridgehead atoms. The van der Waals surface area contributed by atoms with Gasteiger partial charge in [0.15, 0.2) is 0 Å². The van der Waals surface area contributed by atoms with Gasteiger partial charge in [0, 0.05) is 43.7 Å². The summed E-state index contributed by atoms with van der Waals surface area (Å²) in [6.45, 7) is 4.96. The molecule has 6 heteroatoms. The molecule has 0 spiro atoms. The molecule has 3 rings (SSSR count). The maximum absolute atomic E-state index is 12.9. The Morgan fingerprint density at radius 1 is 1.10 bits per heavy atom. The summed E-state index contributed by atoms with van der Waals surface area (Å²) in [4.78, 5) is 19.2. The molecule has 0 aliphatic rings. The summed E-state index contributed by atoms with van der Waals surface area (Å²) in [5.74, 6) is 0.216. The molecule has 0 atom stereocenters. The van der Waals surface area contributed by atoms with Crippen LogP contribution in [-0.2, 0) is 26.1 Å². The summed E-state index contributed by atoms with van der Waals surface area (Å²) in [5, 5.41) is 0. The first-order chi connectivity index (χ1) is 14.5. The second kappa shape index (κ2) is 10.7. The van der Waals surface area contributed by atoms with Crippen LogP contribution in [0.15, 0.2) is 65.7 Å². The molecule has 0 amide bonds. The lowest BCUT2D eigenvalue weighted by molar-refractivity contribution is 0.304. The summed E-state index contributed by atoms with van der Waals surface area (Å²) in [6.07, 6.45) is 5.46. The molecule has 0 aliphatic heterocycles. The van der Waals surface area contributed by atoms with E-state index in [9.17, 15) is 9.18 Å². The van der Waals surface area contributed by atoms with Crippen molar-refractivity contribution < 1.29 is 9.13 Å². The molecule has 1 aromatic carbocycles. The molecule has 0 saturated carbocycles. The van der Waals surface area contributed by atoms with Gasteiger partial charge in [-0.3, -0.25) is 9.78 Å². The Morgan fingerprint density at radius 2 is 1.87 bits per heavy atom. The van der Waals surface area contributed by atoms with Gasteiger partial charge < -0.3 is 14.2 Å². The van der Waals surface area contributed by atoms with Crippen LogP contribution in [0.2, 0.25) is 0 Å². The number of nitrogens with zero attached hydrogens (tertiary/aromatic N) is 3. The standard InChI is InChI=1S/C24H28FN3O2/c1-3-12-27(2)17-20-6-9-22(26-16-20)10-13-28-14-11-23(15-24(28)29)30-18-19-4-7-21(25)8-5-19/h4-9,11,14-16H,3,10,12-13,17-18H2,1-2H3. The third-order valence-corrected chi connectivity index (χ3v) is 4.84. The quantitative estimate of drug-likeness (QED) is 0.507. The first-order valence-corrected chi connectivity index (χ1v) is 10.2. The maximum Gasteiger partial charge on any atom is 0.254 e. The van der Waals surface area contributed by atoms with Crippen LogP contribution >= 0.6 is 0 Å². The van der Waals surface area contributed by atoms with Gasteiger partial charge in [-0.15, -0.1) is 0 Å². The molecule has 0 radical (unpaired) electrons. The van der Waals surface area contributed by atoms with E-state index in [2.05, 4.69) is 29.9 Å². The Bertz CT molecular complexity index is 985. The van der Waals surface area contributed by atoms with Crippen molar-refractivity contribution >= 4 is 0 Å². The van der Waals surface area contributed by atoms with Gasteiger partial charge in [0.1, 0.15) is 18.2 Å². The van der Waals surface area contributed by atoms with Gasteiger partial charge >= 0.3 is 0 Å². The minimum absolute atomic E-state index is 0.121. The zero-order valence-electron chi connectivity index (χ0n) is 17.6. The Morgan fingerprint density at radius 3 is 2.53 bits per heavy atom. The summed E-state index contributed by atoms with van der Waals surface area (Å²) in [5.41, 5.74) is 2.87. The highest BCUT2D eigenvalue weighted by atomic mass is 19.1. The van der Waals surface area contributed by atoms with Gasteiger partial charge in [-0.25, -0.2) is 4.39 Å². The van der Waals surface area contributed by atoms with Crippen molar-refractivity contribution in [3.63, 3.8) is 0 Å². The predicted molar refractivity (Wildman–Crippen MR) is 116 cm³/mol. The van der Waals surface area contributed by atoms with Gasteiger partial charge in [-0.05, 0) is 55.4 Å². The van der Waals surface area contributed by atoms with Crippen molar-refractivity contribution in [3.05, 3.63) is 93.9 Å². The number of rotatable bonds is 10. The second-order valence-electron chi connectivity index (χ2n) is 7.45. The van der Waals surface area contributed by atoms with Crippen LogP contribution in [0.5, 0.6) is 5.75 Å². The highest BCUT2D eigenvalue weighted by molar-refractivity contribution is 5.21. The lowest BCUT2D eigenvalue weighted by atomic mass is 10.2. The number of aryl methyl sites for hydroxylation is 2. The van der Waals surface area contributed by atoms with E-state index >= 15 is 0 Å². The summed E-state index contributed by atoms with van der Waals surface area (Å²) in [6, 6.07) is 13.5. The van der Waals surface area contributed by atoms with E-state index in [1.54, 1.807) is 29.0 Å². The molecule has 0 aliphatic carbocycles. The molecule has 2 aromatic heterocycles. The van der Waals surface area contributed by atoms with Crippen molar-refractivity contribution in [1.82, 2.24) is 14.5 Å². The van der Waals surface area contributed by atoms with E-state index in [-0.39, 0.29) is 18.0 Å². The van der Waals surface area contributed by atoms with Gasteiger partial charge in [-0.1, -0.05) is 25.1 Å². The normalized spacial score (nSPS) is 11.1. The van der Waals surface area contributed by atoms with Crippen LogP contribution in [0, 0.1) is 5.82 Å². The Balaban J connectivity index is 1.52. The van der Waals surface area contributed by atoms with Crippen molar-refractivity contribution in [1.29, 1.82) is 0 Å². The molecule has 30 heavy (non-hydrogen) atoms. The second-order valence-corrected chi connectivity index (χ2v) is 7.45. The van der Waals surface area contributed by atoms with Crippen molar-refractivity contribution in [2.45, 2.75) is 39.5 Å². The highest BCUT2D eigenvalue weighted by Crippen LogP contribution is 2.11. The minimum Gasteiger partial charge on any atom is -0.489 e. The van der Waals surface area contributed by atoms with Gasteiger partial charge in [0.2, 0.25) is 0 Å². The minimum atomic E-state index is -0.283. The Kier molecular flexibility index (Phi) is 7.74. The van der Waals surface area contributed by atoms with Crippen molar-refractivity contribution in [2.24, 2.45) is 0 Å². The number of benzene rings is 1. The molecule has 0 unspecified atom stereocenters. The predicted octanol–water partition coefficient (Wildman–Crippen LogP) is 4.05. The number of halogens is 1. The fraction of sp³-hybridized carbons (Fsp3) is 0.333. The highest BCUT2D eigenvalue weighted by Gasteiger charge is 2.04. The van der Waals surface area contributed by atoms with E-state index in [0.717, 1.165) is 30.8 Å². The lowest BCUT2D eigenvalue weighted by Gasteiger charge is -2.15. The average molecular weight is 410 g/mol. The number of hydrogen-bond acceptors (Lipinski definition) is 4. The molecule has 0 saturated heterocycles. The van der Waals surface area contributed by atoms with E-state index in [4.69, 9.17) is 4.74 Å². The fourth-order valence-corrected chi connectivity index (χ4v) is 3.22. The van der Waals surface area contributed by atoms with Crippen molar-refractivity contribution in [2.75, 3.05) is 13.6 Å². The molecule has 5 nitrogen and oxygen atoms in total. The molecular formula is C24H28FN3O2. The molecule has 2 heterocycles. The topological polar surface area (TPSA) is 47.4 Å². The van der Waals surface area contributed by atoms with E-state index in [0.29, 0.717) is 18.7 Å². The average Bonchev–Trinajstić information content (AvgIpc) is 2.74. The zero-order chi connectivity index (χ0) is 21.3. The number of aromatic nitrogens is 2. The summed E-state index contributed by atoms with van der Waals surface area (Å²) >= 11 is 0. The molecule has 158 valence electrons. The molecule has 0 N–H and O–H groups in total. The summed E-state index contributed by atoms with van der Waals surface area (Å²) < 4.78 is 20.2. The van der Waals surface area contributed by atoms with Crippen LogP contribution in [0.1, 0.15) is 30.2 Å². The van der Waals surface area contributed by atoms with E-state index in [1.165, 1.54) is 23.8 Å². The van der Waals surface area contributed by atoms with E-state index < -0.39 is 0 Å². The lowest BCUT2D eigenvalue weighted by Crippen LogP contribution is -2.20. The van der Waals surface area contributed by atoms with Crippen molar-refractivity contribution in [3.8, 4) is 5.75 Å².